The molecule has 1 aliphatic rings. The fourth-order valence-electron chi connectivity index (χ4n) is 2.51. The van der Waals surface area contributed by atoms with E-state index in [1.165, 1.54) is 12.5 Å². The normalized spacial score (nSPS) is 14.9. The molecule has 1 aromatic carbocycles. The lowest BCUT2D eigenvalue weighted by Crippen LogP contribution is -2.39. The van der Waals surface area contributed by atoms with Gasteiger partial charge in [-0.1, -0.05) is 25.3 Å². The average molecular weight is 303 g/mol. The lowest BCUT2D eigenvalue weighted by atomic mass is 9.96. The monoisotopic (exact) mass is 303 g/mol. The minimum absolute atomic E-state index is 0.222. The summed E-state index contributed by atoms with van der Waals surface area (Å²) in [6.45, 7) is 0. The molecular formula is C15H21N5O2. The van der Waals surface area contributed by atoms with Crippen LogP contribution in [0.15, 0.2) is 29.3 Å². The third kappa shape index (κ3) is 4.76. The maximum atomic E-state index is 12.0. The zero-order valence-corrected chi connectivity index (χ0v) is 12.3. The largest absolute Gasteiger partial charge is 0.370 e. The van der Waals surface area contributed by atoms with Gasteiger partial charge < -0.3 is 22.1 Å². The van der Waals surface area contributed by atoms with Crippen molar-refractivity contribution in [3.63, 3.8) is 0 Å². The molecule has 6 N–H and O–H groups in total. The number of carbonyl (C=O) groups is 2. The smallest absolute Gasteiger partial charge is 0.319 e. The second kappa shape index (κ2) is 7.44. The Morgan fingerprint density at radius 3 is 2.55 bits per heavy atom. The molecule has 0 aromatic heterocycles. The number of guanidine groups is 1. The third-order valence-corrected chi connectivity index (χ3v) is 3.54. The molecule has 0 unspecified atom stereocenters. The number of benzene rings is 1. The van der Waals surface area contributed by atoms with Gasteiger partial charge in [-0.15, -0.1) is 0 Å². The number of urea groups is 1. The first-order chi connectivity index (χ1) is 10.5. The van der Waals surface area contributed by atoms with Crippen molar-refractivity contribution in [1.29, 1.82) is 0 Å². The van der Waals surface area contributed by atoms with Crippen molar-refractivity contribution in [3.05, 3.63) is 29.8 Å². The van der Waals surface area contributed by atoms with Crippen molar-refractivity contribution >= 4 is 23.6 Å². The molecule has 118 valence electrons. The van der Waals surface area contributed by atoms with Crippen molar-refractivity contribution in [2.24, 2.45) is 16.5 Å². The lowest BCUT2D eigenvalue weighted by molar-refractivity contribution is 0.100. The van der Waals surface area contributed by atoms with E-state index in [4.69, 9.17) is 11.5 Å². The van der Waals surface area contributed by atoms with Crippen LogP contribution in [0.1, 0.15) is 42.5 Å². The molecule has 1 aromatic rings. The summed E-state index contributed by atoms with van der Waals surface area (Å²) in [6, 6.07) is 6.44. The maximum Gasteiger partial charge on any atom is 0.319 e. The number of hydrogen-bond donors (Lipinski definition) is 4. The van der Waals surface area contributed by atoms with E-state index in [1.807, 2.05) is 0 Å². The summed E-state index contributed by atoms with van der Waals surface area (Å²) in [7, 11) is 0. The summed E-state index contributed by atoms with van der Waals surface area (Å²) in [5, 5.41) is 5.67. The number of carbonyl (C=O) groups excluding carboxylic acids is 2. The van der Waals surface area contributed by atoms with Gasteiger partial charge >= 0.3 is 6.03 Å². The highest BCUT2D eigenvalue weighted by Crippen LogP contribution is 2.18. The molecule has 1 aliphatic carbocycles. The molecule has 22 heavy (non-hydrogen) atoms. The minimum Gasteiger partial charge on any atom is -0.370 e. The van der Waals surface area contributed by atoms with E-state index in [0.29, 0.717) is 11.3 Å². The maximum absolute atomic E-state index is 12.0. The van der Waals surface area contributed by atoms with Crippen molar-refractivity contribution in [2.45, 2.75) is 38.1 Å². The van der Waals surface area contributed by atoms with Gasteiger partial charge in [-0.2, -0.15) is 4.99 Å². The van der Waals surface area contributed by atoms with Crippen LogP contribution >= 0.6 is 0 Å². The zero-order valence-electron chi connectivity index (χ0n) is 12.3. The minimum atomic E-state index is -0.545. The molecule has 0 spiro atoms. The molecule has 0 heterocycles. The standard InChI is InChI=1S/C15H21N5O2/c16-14(17)20-13(21)10-5-4-8-12(9-10)19-15(22)18-11-6-2-1-3-7-11/h4-5,8-9,11H,1-3,6-7H2,(H2,18,19,22)(H4,16,17,20,21). The van der Waals surface area contributed by atoms with Crippen LogP contribution in [-0.2, 0) is 0 Å². The van der Waals surface area contributed by atoms with E-state index >= 15 is 0 Å². The molecule has 7 nitrogen and oxygen atoms in total. The first-order valence-electron chi connectivity index (χ1n) is 7.36. The number of rotatable bonds is 3. The van der Waals surface area contributed by atoms with Gasteiger partial charge in [0.05, 0.1) is 0 Å². The Bertz CT molecular complexity index is 575. The average Bonchev–Trinajstić information content (AvgIpc) is 2.47. The molecule has 2 rings (SSSR count). The quantitative estimate of drug-likeness (QED) is 0.499. The van der Waals surface area contributed by atoms with E-state index in [-0.39, 0.29) is 18.0 Å². The highest BCUT2D eigenvalue weighted by Gasteiger charge is 2.15. The van der Waals surface area contributed by atoms with Gasteiger partial charge in [0, 0.05) is 17.3 Å². The predicted octanol–water partition coefficient (Wildman–Crippen LogP) is 1.55. The van der Waals surface area contributed by atoms with Crippen LogP contribution in [0.2, 0.25) is 0 Å². The number of nitrogens with zero attached hydrogens (tertiary/aromatic N) is 1. The van der Waals surface area contributed by atoms with Gasteiger partial charge in [0.15, 0.2) is 5.96 Å². The fraction of sp³-hybridized carbons (Fsp3) is 0.400. The Hall–Kier alpha value is -2.57. The number of amides is 3. The summed E-state index contributed by atoms with van der Waals surface area (Å²) in [5.41, 5.74) is 11.2. The topological polar surface area (TPSA) is 123 Å². The highest BCUT2D eigenvalue weighted by atomic mass is 16.2. The Labute approximate surface area is 129 Å². The highest BCUT2D eigenvalue weighted by molar-refractivity contribution is 6.02. The number of nitrogens with one attached hydrogen (secondary N) is 2. The van der Waals surface area contributed by atoms with Crippen molar-refractivity contribution in [3.8, 4) is 0 Å². The van der Waals surface area contributed by atoms with E-state index in [2.05, 4.69) is 15.6 Å². The molecule has 0 saturated heterocycles. The first kappa shape index (κ1) is 15.8. The molecule has 0 radical (unpaired) electrons. The lowest BCUT2D eigenvalue weighted by Gasteiger charge is -2.22. The summed E-state index contributed by atoms with van der Waals surface area (Å²) < 4.78 is 0. The van der Waals surface area contributed by atoms with Gasteiger partial charge in [-0.3, -0.25) is 4.79 Å². The van der Waals surface area contributed by atoms with Crippen LogP contribution in [0.4, 0.5) is 10.5 Å². The van der Waals surface area contributed by atoms with Gasteiger partial charge in [-0.05, 0) is 31.0 Å². The Morgan fingerprint density at radius 1 is 1.14 bits per heavy atom. The first-order valence-corrected chi connectivity index (χ1v) is 7.36. The Kier molecular flexibility index (Phi) is 5.35. The second-order valence-electron chi connectivity index (χ2n) is 5.36. The molecule has 7 heteroatoms. The molecule has 1 fully saturated rings. The van der Waals surface area contributed by atoms with Crippen molar-refractivity contribution in [2.75, 3.05) is 5.32 Å². The molecule has 0 bridgehead atoms. The van der Waals surface area contributed by atoms with E-state index in [1.54, 1.807) is 18.2 Å². The van der Waals surface area contributed by atoms with Crippen molar-refractivity contribution in [1.82, 2.24) is 5.32 Å². The van der Waals surface area contributed by atoms with E-state index < -0.39 is 5.91 Å². The van der Waals surface area contributed by atoms with E-state index in [0.717, 1.165) is 25.7 Å². The van der Waals surface area contributed by atoms with Gasteiger partial charge in [0.1, 0.15) is 0 Å². The molecule has 3 amide bonds. The molecule has 0 aliphatic heterocycles. The summed E-state index contributed by atoms with van der Waals surface area (Å²) in [4.78, 5) is 27.2. The van der Waals surface area contributed by atoms with Crippen LogP contribution in [0.5, 0.6) is 0 Å². The van der Waals surface area contributed by atoms with Crippen LogP contribution < -0.4 is 22.1 Å². The van der Waals surface area contributed by atoms with Crippen LogP contribution in [0.3, 0.4) is 0 Å². The van der Waals surface area contributed by atoms with Gasteiger partial charge in [0.2, 0.25) is 0 Å². The van der Waals surface area contributed by atoms with Crippen LogP contribution in [0, 0.1) is 0 Å². The number of anilines is 1. The molecule has 1 saturated carbocycles. The Morgan fingerprint density at radius 2 is 1.86 bits per heavy atom. The number of nitrogens with two attached hydrogens (primary N) is 2. The summed E-state index contributed by atoms with van der Waals surface area (Å²) >= 11 is 0. The molecular weight excluding hydrogens is 282 g/mol. The Balaban J connectivity index is 1.96. The fourth-order valence-corrected chi connectivity index (χ4v) is 2.51. The van der Waals surface area contributed by atoms with Crippen LogP contribution in [-0.4, -0.2) is 23.9 Å². The second-order valence-corrected chi connectivity index (χ2v) is 5.36. The molecule has 0 atom stereocenters. The summed E-state index contributed by atoms with van der Waals surface area (Å²) in [6.07, 6.45) is 5.54. The van der Waals surface area contributed by atoms with Crippen LogP contribution in [0.25, 0.3) is 0 Å². The van der Waals surface area contributed by atoms with Gasteiger partial charge in [-0.25, -0.2) is 4.79 Å². The van der Waals surface area contributed by atoms with Gasteiger partial charge in [0.25, 0.3) is 5.91 Å². The SMILES string of the molecule is NC(N)=NC(=O)c1cccc(NC(=O)NC2CCCCC2)c1. The van der Waals surface area contributed by atoms with Crippen molar-refractivity contribution < 1.29 is 9.59 Å². The summed E-state index contributed by atoms with van der Waals surface area (Å²) in [5.74, 6) is -0.838. The van der Waals surface area contributed by atoms with E-state index in [9.17, 15) is 9.59 Å². The number of hydrogen-bond acceptors (Lipinski definition) is 2. The zero-order chi connectivity index (χ0) is 15.9. The third-order valence-electron chi connectivity index (χ3n) is 3.54. The predicted molar refractivity (Wildman–Crippen MR) is 85.6 cm³/mol. The number of aliphatic imine (C=N–C) groups is 1.